The minimum atomic E-state index is -3.21. The van der Waals surface area contributed by atoms with Crippen molar-refractivity contribution < 1.29 is 33.3 Å². The number of aliphatic hydroxyl groups excluding tert-OH is 2. The number of aliphatic hydroxyl groups is 2. The molecule has 1 aliphatic carbocycles. The number of carbonyl (C=O) groups excluding carboxylic acids is 2. The molecule has 0 aromatic heterocycles. The monoisotopic (exact) mass is 488 g/mol. The first-order chi connectivity index (χ1) is 16.1. The van der Waals surface area contributed by atoms with Crippen molar-refractivity contribution in [2.75, 3.05) is 0 Å². The van der Waals surface area contributed by atoms with Crippen molar-refractivity contribution in [3.63, 3.8) is 0 Å². The maximum atomic E-state index is 14.2. The summed E-state index contributed by atoms with van der Waals surface area (Å²) in [5, 5.41) is 20.3. The normalized spacial score (nSPS) is 22.1. The van der Waals surface area contributed by atoms with Gasteiger partial charge in [0.05, 0.1) is 12.2 Å². The Bertz CT molecular complexity index is 620. The number of alkyl halides is 2. The molecule has 2 N–H and O–H groups in total. The van der Waals surface area contributed by atoms with Gasteiger partial charge >= 0.3 is 5.97 Å². The van der Waals surface area contributed by atoms with Crippen molar-refractivity contribution in [1.29, 1.82) is 0 Å². The van der Waals surface area contributed by atoms with Gasteiger partial charge in [-0.25, -0.2) is 8.78 Å². The van der Waals surface area contributed by atoms with E-state index in [1.165, 1.54) is 6.08 Å². The molecule has 34 heavy (non-hydrogen) atoms. The summed E-state index contributed by atoms with van der Waals surface area (Å²) in [4.78, 5) is 23.8. The summed E-state index contributed by atoms with van der Waals surface area (Å²) < 4.78 is 33.5. The molecule has 1 saturated carbocycles. The van der Waals surface area contributed by atoms with Gasteiger partial charge in [-0.1, -0.05) is 70.4 Å². The summed E-state index contributed by atoms with van der Waals surface area (Å²) in [5.41, 5.74) is 0. The first kappa shape index (κ1) is 30.7. The van der Waals surface area contributed by atoms with E-state index in [9.17, 15) is 28.6 Å². The van der Waals surface area contributed by atoms with Gasteiger partial charge in [0.25, 0.3) is 5.92 Å². The van der Waals surface area contributed by atoms with Crippen LogP contribution in [0.4, 0.5) is 8.78 Å². The van der Waals surface area contributed by atoms with E-state index in [0.717, 1.165) is 57.4 Å². The van der Waals surface area contributed by atoms with E-state index in [1.807, 2.05) is 20.8 Å². The van der Waals surface area contributed by atoms with Gasteiger partial charge in [0.15, 0.2) is 0 Å². The third-order valence-electron chi connectivity index (χ3n) is 6.56. The van der Waals surface area contributed by atoms with Crippen LogP contribution in [0.15, 0.2) is 12.2 Å². The van der Waals surface area contributed by atoms with Crippen LogP contribution in [-0.2, 0) is 14.3 Å². The molecule has 0 saturated heterocycles. The van der Waals surface area contributed by atoms with Crippen LogP contribution in [0, 0.1) is 11.8 Å². The molecule has 7 heteroatoms. The zero-order valence-electron chi connectivity index (χ0n) is 21.3. The Morgan fingerprint density at radius 2 is 1.71 bits per heavy atom. The lowest BCUT2D eigenvalue weighted by atomic mass is 9.88. The molecule has 0 aromatic rings. The van der Waals surface area contributed by atoms with Crippen molar-refractivity contribution in [2.45, 2.75) is 135 Å². The Labute approximate surface area is 204 Å². The number of unbranched alkanes of at least 4 members (excludes halogenated alkanes) is 8. The molecule has 5 nitrogen and oxygen atoms in total. The minimum Gasteiger partial charge on any atom is -0.463 e. The molecule has 0 bridgehead atoms. The molecule has 0 radical (unpaired) electrons. The second-order valence-corrected chi connectivity index (χ2v) is 10.0. The van der Waals surface area contributed by atoms with Crippen LogP contribution < -0.4 is 0 Å². The van der Waals surface area contributed by atoms with Gasteiger partial charge in [-0.05, 0) is 33.1 Å². The molecular weight excluding hydrogens is 442 g/mol. The third-order valence-corrected chi connectivity index (χ3v) is 6.56. The number of hydrogen-bond acceptors (Lipinski definition) is 5. The third kappa shape index (κ3) is 11.9. The number of rotatable bonds is 18. The molecule has 1 aliphatic rings. The van der Waals surface area contributed by atoms with Crippen LogP contribution in [0.2, 0.25) is 0 Å². The second kappa shape index (κ2) is 16.4. The Kier molecular flexibility index (Phi) is 14.8. The molecule has 4 atom stereocenters. The van der Waals surface area contributed by atoms with E-state index in [1.54, 1.807) is 0 Å². The number of esters is 1. The smallest absolute Gasteiger partial charge is 0.306 e. The van der Waals surface area contributed by atoms with Crippen molar-refractivity contribution in [2.24, 2.45) is 11.8 Å². The maximum Gasteiger partial charge on any atom is 0.306 e. The topological polar surface area (TPSA) is 83.8 Å². The fraction of sp³-hybridized carbons (Fsp3) is 0.852. The van der Waals surface area contributed by atoms with Crippen LogP contribution >= 0.6 is 0 Å². The molecule has 0 amide bonds. The first-order valence-corrected chi connectivity index (χ1v) is 13.2. The lowest BCUT2D eigenvalue weighted by Gasteiger charge is -2.22. The molecule has 198 valence electrons. The molecule has 0 heterocycles. The van der Waals surface area contributed by atoms with Gasteiger partial charge in [-0.2, -0.15) is 0 Å². The molecule has 1 rings (SSSR count). The van der Waals surface area contributed by atoms with Gasteiger partial charge in [-0.3, -0.25) is 9.59 Å². The van der Waals surface area contributed by atoms with Crippen LogP contribution in [0.3, 0.4) is 0 Å². The summed E-state index contributed by atoms with van der Waals surface area (Å²) in [6.45, 7) is 5.67. The van der Waals surface area contributed by atoms with E-state index < -0.39 is 24.0 Å². The number of Topliss-reactive ketones (excluding diaryl/α,β-unsaturated/α-hetero) is 1. The van der Waals surface area contributed by atoms with Gasteiger partial charge in [0.2, 0.25) is 0 Å². The highest BCUT2D eigenvalue weighted by molar-refractivity contribution is 5.84. The predicted molar refractivity (Wildman–Crippen MR) is 130 cm³/mol. The zero-order chi connectivity index (χ0) is 25.6. The van der Waals surface area contributed by atoms with Gasteiger partial charge in [0.1, 0.15) is 11.9 Å². The molecule has 0 aromatic carbocycles. The van der Waals surface area contributed by atoms with E-state index in [2.05, 4.69) is 0 Å². The van der Waals surface area contributed by atoms with Crippen molar-refractivity contribution in [3.8, 4) is 0 Å². The highest BCUT2D eigenvalue weighted by Crippen LogP contribution is 2.35. The fourth-order valence-electron chi connectivity index (χ4n) is 4.56. The van der Waals surface area contributed by atoms with Crippen LogP contribution in [-0.4, -0.2) is 46.2 Å². The van der Waals surface area contributed by atoms with Crippen LogP contribution in [0.25, 0.3) is 0 Å². The first-order valence-electron chi connectivity index (χ1n) is 13.2. The SMILES string of the molecule is CCCCCCC(F)(F)C(O)C=C[C@H]1C(O)CC(=O)C1CCCCCCCCC(=O)OC(C)C. The quantitative estimate of drug-likeness (QED) is 0.137. The van der Waals surface area contributed by atoms with E-state index in [-0.39, 0.29) is 36.6 Å². The van der Waals surface area contributed by atoms with Crippen molar-refractivity contribution in [1.82, 2.24) is 0 Å². The molecule has 3 unspecified atom stereocenters. The lowest BCUT2D eigenvalue weighted by Crippen LogP contribution is -2.32. The van der Waals surface area contributed by atoms with Crippen molar-refractivity contribution in [3.05, 3.63) is 12.2 Å². The standard InChI is InChI=1S/C27H46F2O5/c1-4-5-6-13-18-27(28,29)25(32)17-16-22-21(23(30)19-24(22)31)14-11-9-7-8-10-12-15-26(33)34-20(2)3/h16-17,20-22,24-25,31-32H,4-15,18-19H2,1-3H3/t21?,22-,24?,25?/m1/s1. The fourth-order valence-corrected chi connectivity index (χ4v) is 4.56. The molecule has 1 fully saturated rings. The minimum absolute atomic E-state index is 0.0355. The van der Waals surface area contributed by atoms with Crippen LogP contribution in [0.5, 0.6) is 0 Å². The number of hydrogen-bond donors (Lipinski definition) is 2. The summed E-state index contributed by atoms with van der Waals surface area (Å²) in [6.07, 6.45) is 8.76. The highest BCUT2D eigenvalue weighted by atomic mass is 19.3. The summed E-state index contributed by atoms with van der Waals surface area (Å²) >= 11 is 0. The number of ketones is 1. The lowest BCUT2D eigenvalue weighted by molar-refractivity contribution is -0.147. The Hall–Kier alpha value is -1.34. The second-order valence-electron chi connectivity index (χ2n) is 10.0. The van der Waals surface area contributed by atoms with Gasteiger partial charge in [-0.15, -0.1) is 0 Å². The Morgan fingerprint density at radius 1 is 1.09 bits per heavy atom. The van der Waals surface area contributed by atoms with E-state index in [4.69, 9.17) is 4.74 Å². The maximum absolute atomic E-state index is 14.2. The van der Waals surface area contributed by atoms with Crippen molar-refractivity contribution >= 4 is 11.8 Å². The number of carbonyl (C=O) groups is 2. The highest BCUT2D eigenvalue weighted by Gasteiger charge is 2.41. The number of halogens is 2. The van der Waals surface area contributed by atoms with E-state index >= 15 is 0 Å². The molecular formula is C27H46F2O5. The summed E-state index contributed by atoms with van der Waals surface area (Å²) in [7, 11) is 0. The Morgan fingerprint density at radius 3 is 2.35 bits per heavy atom. The van der Waals surface area contributed by atoms with Gasteiger partial charge < -0.3 is 14.9 Å². The van der Waals surface area contributed by atoms with E-state index in [0.29, 0.717) is 25.7 Å². The molecule has 0 spiro atoms. The number of ether oxygens (including phenoxy) is 1. The summed E-state index contributed by atoms with van der Waals surface area (Å²) in [6, 6.07) is 0. The average Bonchev–Trinajstić information content (AvgIpc) is 3.02. The average molecular weight is 489 g/mol. The molecule has 0 aliphatic heterocycles. The predicted octanol–water partition coefficient (Wildman–Crippen LogP) is 6.15. The van der Waals surface area contributed by atoms with Crippen LogP contribution in [0.1, 0.15) is 111 Å². The summed E-state index contributed by atoms with van der Waals surface area (Å²) in [5.74, 6) is -4.32. The van der Waals surface area contributed by atoms with Gasteiger partial charge in [0, 0.05) is 31.1 Å². The Balaban J connectivity index is 2.37. The largest absolute Gasteiger partial charge is 0.463 e. The zero-order valence-corrected chi connectivity index (χ0v) is 21.3.